The molecule has 2 fully saturated rings. The maximum atomic E-state index is 8.77. The molecule has 3 rings (SSSR count). The smallest absolute Gasteiger partial charge is 0.234 e. The maximum Gasteiger partial charge on any atom is 0.234 e. The lowest BCUT2D eigenvalue weighted by Crippen LogP contribution is -2.38. The van der Waals surface area contributed by atoms with Crippen molar-refractivity contribution in [2.45, 2.75) is 19.1 Å². The van der Waals surface area contributed by atoms with E-state index in [1.807, 2.05) is 0 Å². The van der Waals surface area contributed by atoms with Crippen molar-refractivity contribution in [3.63, 3.8) is 0 Å². The van der Waals surface area contributed by atoms with Crippen molar-refractivity contribution in [2.75, 3.05) is 44.4 Å². The second kappa shape index (κ2) is 7.02. The zero-order valence-electron chi connectivity index (χ0n) is 12.0. The van der Waals surface area contributed by atoms with Crippen molar-refractivity contribution in [1.82, 2.24) is 9.97 Å². The highest BCUT2D eigenvalue weighted by Gasteiger charge is 2.30. The van der Waals surface area contributed by atoms with Gasteiger partial charge in [0.2, 0.25) is 5.88 Å². The molecule has 7 heteroatoms. The van der Waals surface area contributed by atoms with Crippen LogP contribution in [-0.2, 0) is 9.47 Å². The minimum atomic E-state index is -0.0301. The number of hydrogen-bond donors (Lipinski definition) is 1. The van der Waals surface area contributed by atoms with E-state index in [-0.39, 0.29) is 19.5 Å². The van der Waals surface area contributed by atoms with Gasteiger partial charge in [-0.05, 0) is 12.8 Å². The van der Waals surface area contributed by atoms with Gasteiger partial charge in [-0.15, -0.1) is 0 Å². The molecular formula is C14H21N3O4. The normalized spacial score (nSPS) is 20.9. The summed E-state index contributed by atoms with van der Waals surface area (Å²) in [5.41, 5.74) is 0. The highest BCUT2D eigenvalue weighted by molar-refractivity contribution is 5.38. The lowest BCUT2D eigenvalue weighted by Gasteiger charge is -2.34. The van der Waals surface area contributed by atoms with Gasteiger partial charge in [0.15, 0.2) is 12.1 Å². The molecule has 0 bridgehead atoms. The fraction of sp³-hybridized carbons (Fsp3) is 0.714. The van der Waals surface area contributed by atoms with Gasteiger partial charge in [0.1, 0.15) is 6.61 Å². The fourth-order valence-electron chi connectivity index (χ4n) is 2.76. The molecule has 0 amide bonds. The first kappa shape index (κ1) is 14.5. The highest BCUT2D eigenvalue weighted by Crippen LogP contribution is 2.28. The minimum Gasteiger partial charge on any atom is -0.474 e. The monoisotopic (exact) mass is 295 g/mol. The van der Waals surface area contributed by atoms with Crippen LogP contribution in [0.25, 0.3) is 0 Å². The largest absolute Gasteiger partial charge is 0.474 e. The van der Waals surface area contributed by atoms with Crippen molar-refractivity contribution in [1.29, 1.82) is 0 Å². The lowest BCUT2D eigenvalue weighted by molar-refractivity contribution is -0.0889. The van der Waals surface area contributed by atoms with E-state index in [0.29, 0.717) is 25.0 Å². The Morgan fingerprint density at radius 3 is 2.71 bits per heavy atom. The number of nitrogens with zero attached hydrogens (tertiary/aromatic N) is 3. The van der Waals surface area contributed by atoms with E-state index in [9.17, 15) is 0 Å². The van der Waals surface area contributed by atoms with Gasteiger partial charge in [0.25, 0.3) is 0 Å². The van der Waals surface area contributed by atoms with E-state index in [4.69, 9.17) is 19.3 Å². The van der Waals surface area contributed by atoms with E-state index in [1.54, 1.807) is 12.4 Å². The molecular weight excluding hydrogens is 274 g/mol. The summed E-state index contributed by atoms with van der Waals surface area (Å²) in [6.07, 6.45) is 5.32. The number of aromatic nitrogens is 2. The summed E-state index contributed by atoms with van der Waals surface area (Å²) in [7, 11) is 0. The third-order valence-electron chi connectivity index (χ3n) is 3.84. The number of ether oxygens (including phenoxy) is 3. The highest BCUT2D eigenvalue weighted by atomic mass is 16.7. The number of aliphatic hydroxyl groups excluding tert-OH is 1. The molecule has 0 saturated carbocycles. The number of hydrogen-bond acceptors (Lipinski definition) is 7. The number of piperidine rings is 1. The van der Waals surface area contributed by atoms with Gasteiger partial charge in [0, 0.05) is 19.0 Å². The molecule has 0 aromatic carbocycles. The molecule has 2 saturated heterocycles. The first-order chi connectivity index (χ1) is 10.4. The molecule has 0 unspecified atom stereocenters. The molecule has 1 aromatic heterocycles. The Bertz CT molecular complexity index is 446. The molecule has 2 aliphatic heterocycles. The predicted octanol–water partition coefficient (Wildman–Crippen LogP) is 0.437. The van der Waals surface area contributed by atoms with Crippen LogP contribution < -0.4 is 9.64 Å². The summed E-state index contributed by atoms with van der Waals surface area (Å²) in [4.78, 5) is 10.8. The van der Waals surface area contributed by atoms with Crippen LogP contribution in [0.3, 0.4) is 0 Å². The third kappa shape index (κ3) is 3.61. The van der Waals surface area contributed by atoms with Gasteiger partial charge in [-0.3, -0.25) is 4.98 Å². The van der Waals surface area contributed by atoms with Crippen LogP contribution in [-0.4, -0.2) is 60.9 Å². The summed E-state index contributed by atoms with van der Waals surface area (Å²) >= 11 is 0. The first-order valence-corrected chi connectivity index (χ1v) is 7.40. The fourth-order valence-corrected chi connectivity index (χ4v) is 2.76. The number of anilines is 1. The Labute approximate surface area is 123 Å². The zero-order chi connectivity index (χ0) is 14.5. The molecule has 2 aliphatic rings. The number of rotatable bonds is 5. The summed E-state index contributed by atoms with van der Waals surface area (Å²) in [6, 6.07) is 0. The van der Waals surface area contributed by atoms with E-state index in [2.05, 4.69) is 14.9 Å². The van der Waals surface area contributed by atoms with E-state index in [1.165, 1.54) is 0 Å². The Balaban J connectivity index is 1.56. The Morgan fingerprint density at radius 1 is 1.24 bits per heavy atom. The topological polar surface area (TPSA) is 76.9 Å². The summed E-state index contributed by atoms with van der Waals surface area (Å²) in [5.74, 6) is 1.73. The van der Waals surface area contributed by atoms with Crippen LogP contribution in [0.1, 0.15) is 12.8 Å². The Kier molecular flexibility index (Phi) is 4.84. The molecule has 7 nitrogen and oxygen atoms in total. The van der Waals surface area contributed by atoms with Crippen LogP contribution in [0.5, 0.6) is 5.88 Å². The molecule has 0 atom stereocenters. The molecule has 21 heavy (non-hydrogen) atoms. The van der Waals surface area contributed by atoms with Crippen molar-refractivity contribution in [2.24, 2.45) is 5.92 Å². The third-order valence-corrected chi connectivity index (χ3v) is 3.84. The SMILES string of the molecule is OCCOc1cncc(N2CCC(C3OCCO3)CC2)n1. The second-order valence-electron chi connectivity index (χ2n) is 5.22. The standard InChI is InChI=1S/C14H21N3O4/c18-5-6-19-13-10-15-9-12(16-13)17-3-1-11(2-4-17)14-20-7-8-21-14/h9-11,14,18H,1-8H2. The predicted molar refractivity (Wildman–Crippen MR) is 75.2 cm³/mol. The van der Waals surface area contributed by atoms with Gasteiger partial charge >= 0.3 is 0 Å². The second-order valence-corrected chi connectivity index (χ2v) is 5.22. The van der Waals surface area contributed by atoms with Crippen molar-refractivity contribution in [3.8, 4) is 5.88 Å². The quantitative estimate of drug-likeness (QED) is 0.844. The molecule has 0 spiro atoms. The summed E-state index contributed by atoms with van der Waals surface area (Å²) in [6.45, 7) is 3.44. The molecule has 1 aromatic rings. The Morgan fingerprint density at radius 2 is 2.00 bits per heavy atom. The van der Waals surface area contributed by atoms with Gasteiger partial charge in [-0.1, -0.05) is 0 Å². The summed E-state index contributed by atoms with van der Waals surface area (Å²) in [5, 5.41) is 8.77. The van der Waals surface area contributed by atoms with E-state index >= 15 is 0 Å². The minimum absolute atomic E-state index is 0.0291. The van der Waals surface area contributed by atoms with Crippen molar-refractivity contribution < 1.29 is 19.3 Å². The van der Waals surface area contributed by atoms with Gasteiger partial charge in [-0.2, -0.15) is 4.98 Å². The molecule has 1 N–H and O–H groups in total. The lowest BCUT2D eigenvalue weighted by atomic mass is 9.96. The van der Waals surface area contributed by atoms with Crippen molar-refractivity contribution in [3.05, 3.63) is 12.4 Å². The van der Waals surface area contributed by atoms with Crippen molar-refractivity contribution >= 4 is 5.82 Å². The Hall–Kier alpha value is -1.44. The summed E-state index contributed by atoms with van der Waals surface area (Å²) < 4.78 is 16.5. The molecule has 0 aliphatic carbocycles. The van der Waals surface area contributed by atoms with Crippen LogP contribution in [0, 0.1) is 5.92 Å². The molecule has 3 heterocycles. The van der Waals surface area contributed by atoms with Gasteiger partial charge in [0.05, 0.1) is 32.2 Å². The van der Waals surface area contributed by atoms with E-state index in [0.717, 1.165) is 31.7 Å². The average Bonchev–Trinajstić information content (AvgIpc) is 3.08. The maximum absolute atomic E-state index is 8.77. The van der Waals surface area contributed by atoms with Crippen LogP contribution in [0.4, 0.5) is 5.82 Å². The van der Waals surface area contributed by atoms with Gasteiger partial charge < -0.3 is 24.2 Å². The van der Waals surface area contributed by atoms with E-state index < -0.39 is 0 Å². The van der Waals surface area contributed by atoms with Crippen LogP contribution >= 0.6 is 0 Å². The van der Waals surface area contributed by atoms with Gasteiger partial charge in [-0.25, -0.2) is 0 Å². The van der Waals surface area contributed by atoms with Crippen LogP contribution in [0.2, 0.25) is 0 Å². The average molecular weight is 295 g/mol. The molecule has 0 radical (unpaired) electrons. The zero-order valence-corrected chi connectivity index (χ0v) is 12.0. The molecule has 116 valence electrons. The first-order valence-electron chi connectivity index (χ1n) is 7.40. The number of aliphatic hydroxyl groups is 1. The van der Waals surface area contributed by atoms with Crippen LogP contribution in [0.15, 0.2) is 12.4 Å².